The van der Waals surface area contributed by atoms with E-state index in [0.29, 0.717) is 45.8 Å². The van der Waals surface area contributed by atoms with Gasteiger partial charge >= 0.3 is 0 Å². The van der Waals surface area contributed by atoms with Crippen LogP contribution in [0.2, 0.25) is 5.02 Å². The molecule has 0 aliphatic carbocycles. The first-order chi connectivity index (χ1) is 17.6. The van der Waals surface area contributed by atoms with Gasteiger partial charge in [-0.05, 0) is 72.3 Å². The second kappa shape index (κ2) is 11.6. The zero-order valence-corrected chi connectivity index (χ0v) is 19.9. The van der Waals surface area contributed by atoms with E-state index in [-0.39, 0.29) is 5.91 Å². The number of halogens is 1. The Labute approximate surface area is 213 Å². The maximum Gasteiger partial charge on any atom is 0.247 e. The fourth-order valence-corrected chi connectivity index (χ4v) is 3.60. The molecule has 0 unspecified atom stereocenters. The highest BCUT2D eigenvalue weighted by Gasteiger charge is 2.15. The lowest BCUT2D eigenvalue weighted by molar-refractivity contribution is -0.111. The molecular formula is C27H22ClN5O3. The number of benzene rings is 3. The van der Waals surface area contributed by atoms with Gasteiger partial charge in [0, 0.05) is 22.6 Å². The van der Waals surface area contributed by atoms with Gasteiger partial charge in [-0.1, -0.05) is 36.4 Å². The van der Waals surface area contributed by atoms with Crippen molar-refractivity contribution >= 4 is 45.9 Å². The van der Waals surface area contributed by atoms with Gasteiger partial charge < -0.3 is 15.4 Å². The number of nitroso groups, excluding NO2 is 1. The smallest absolute Gasteiger partial charge is 0.247 e. The molecule has 0 bridgehead atoms. The van der Waals surface area contributed by atoms with E-state index in [1.165, 1.54) is 17.3 Å². The van der Waals surface area contributed by atoms with Crippen LogP contribution in [-0.2, 0) is 11.4 Å². The summed E-state index contributed by atoms with van der Waals surface area (Å²) in [5, 5.41) is 11.1. The molecular weight excluding hydrogens is 478 g/mol. The molecule has 0 radical (unpaired) electrons. The Bertz CT molecular complexity index is 1380. The first kappa shape index (κ1) is 24.4. The average molecular weight is 500 g/mol. The first-order valence-electron chi connectivity index (χ1n) is 10.9. The Morgan fingerprint density at radius 3 is 2.58 bits per heavy atom. The highest BCUT2D eigenvalue weighted by atomic mass is 35.5. The van der Waals surface area contributed by atoms with E-state index in [1.54, 1.807) is 60.8 Å². The van der Waals surface area contributed by atoms with Crippen LogP contribution in [0.5, 0.6) is 5.75 Å². The topological polar surface area (TPSA) is 95.9 Å². The van der Waals surface area contributed by atoms with E-state index in [1.807, 2.05) is 24.3 Å². The van der Waals surface area contributed by atoms with Crippen LogP contribution in [0.1, 0.15) is 5.56 Å². The van der Waals surface area contributed by atoms with Gasteiger partial charge in [0.2, 0.25) is 5.91 Å². The number of hydrogen-bond donors (Lipinski definition) is 2. The molecule has 0 fully saturated rings. The van der Waals surface area contributed by atoms with Crippen molar-refractivity contribution in [1.82, 2.24) is 4.98 Å². The molecule has 1 heterocycles. The number of pyridine rings is 1. The first-order valence-corrected chi connectivity index (χ1v) is 11.3. The van der Waals surface area contributed by atoms with Crippen LogP contribution in [0.15, 0.2) is 109 Å². The molecule has 9 heteroatoms. The minimum absolute atomic E-state index is 0.312. The molecule has 3 aromatic carbocycles. The molecule has 4 aromatic rings. The van der Waals surface area contributed by atoms with Crippen molar-refractivity contribution in [1.29, 1.82) is 0 Å². The van der Waals surface area contributed by atoms with E-state index in [9.17, 15) is 9.70 Å². The van der Waals surface area contributed by atoms with Crippen LogP contribution in [-0.4, -0.2) is 10.9 Å². The molecule has 0 spiro atoms. The molecule has 0 saturated heterocycles. The number of rotatable bonds is 10. The van der Waals surface area contributed by atoms with Crippen molar-refractivity contribution in [2.24, 2.45) is 5.29 Å². The maximum absolute atomic E-state index is 11.9. The number of carbonyl (C=O) groups excluding carboxylic acids is 1. The summed E-state index contributed by atoms with van der Waals surface area (Å²) in [6.07, 6.45) is 4.34. The van der Waals surface area contributed by atoms with E-state index in [0.717, 1.165) is 5.56 Å². The van der Waals surface area contributed by atoms with Crippen LogP contribution in [0.4, 0.5) is 28.4 Å². The van der Waals surface area contributed by atoms with Crippen molar-refractivity contribution < 1.29 is 9.53 Å². The third-order valence-electron chi connectivity index (χ3n) is 5.08. The summed E-state index contributed by atoms with van der Waals surface area (Å²) in [4.78, 5) is 27.6. The number of nitrogens with zero attached hydrogens (tertiary/aromatic N) is 3. The lowest BCUT2D eigenvalue weighted by atomic mass is 10.2. The van der Waals surface area contributed by atoms with Crippen LogP contribution >= 0.6 is 11.6 Å². The van der Waals surface area contributed by atoms with Gasteiger partial charge in [0.25, 0.3) is 0 Å². The van der Waals surface area contributed by atoms with Crippen molar-refractivity contribution in [2.75, 3.05) is 15.6 Å². The molecule has 0 aliphatic rings. The lowest BCUT2D eigenvalue weighted by Crippen LogP contribution is -2.10. The number of ether oxygens (including phenoxy) is 1. The number of amides is 1. The number of anilines is 5. The summed E-state index contributed by atoms with van der Waals surface area (Å²) in [7, 11) is 0. The van der Waals surface area contributed by atoms with Crippen LogP contribution in [0, 0.1) is 4.91 Å². The minimum atomic E-state index is -0.312. The number of hydrogen-bond acceptors (Lipinski definition) is 6. The zero-order valence-electron chi connectivity index (χ0n) is 19.1. The Morgan fingerprint density at radius 1 is 1.06 bits per heavy atom. The van der Waals surface area contributed by atoms with Gasteiger partial charge in [-0.25, -0.2) is 0 Å². The van der Waals surface area contributed by atoms with Gasteiger partial charge in [-0.2, -0.15) is 5.01 Å². The van der Waals surface area contributed by atoms with E-state index < -0.39 is 0 Å². The molecule has 2 N–H and O–H groups in total. The normalized spacial score (nSPS) is 10.2. The third kappa shape index (κ3) is 6.25. The molecule has 0 saturated carbocycles. The summed E-state index contributed by atoms with van der Waals surface area (Å²) in [6, 6.07) is 23.3. The summed E-state index contributed by atoms with van der Waals surface area (Å²) in [5.74, 6) is 0.320. The predicted octanol–water partition coefficient (Wildman–Crippen LogP) is 7.00. The number of carbonyl (C=O) groups is 1. The summed E-state index contributed by atoms with van der Waals surface area (Å²) >= 11 is 6.02. The van der Waals surface area contributed by atoms with Crippen LogP contribution in [0.3, 0.4) is 0 Å². The zero-order chi connectivity index (χ0) is 25.3. The lowest BCUT2D eigenvalue weighted by Gasteiger charge is -2.20. The number of nitrogens with one attached hydrogen (secondary N) is 2. The van der Waals surface area contributed by atoms with Crippen LogP contribution < -0.4 is 20.4 Å². The maximum atomic E-state index is 11.9. The summed E-state index contributed by atoms with van der Waals surface area (Å²) in [5.41, 5.74) is 3.81. The SMILES string of the molecule is C=CC(=O)Nc1cccc(Nc2ccncc2N(N=O)c2ccc(OCc3cccc(Cl)c3)cc2)c1. The fraction of sp³-hybridized carbons (Fsp3) is 0.0370. The minimum Gasteiger partial charge on any atom is -0.489 e. The highest BCUT2D eigenvalue weighted by Crippen LogP contribution is 2.34. The fourth-order valence-electron chi connectivity index (χ4n) is 3.39. The van der Waals surface area contributed by atoms with Crippen LogP contribution in [0.25, 0.3) is 0 Å². The average Bonchev–Trinajstić information content (AvgIpc) is 2.90. The van der Waals surface area contributed by atoms with E-state index in [4.69, 9.17) is 16.3 Å². The van der Waals surface area contributed by atoms with E-state index >= 15 is 0 Å². The van der Waals surface area contributed by atoms with Crippen molar-refractivity contribution in [3.05, 3.63) is 119 Å². The molecule has 36 heavy (non-hydrogen) atoms. The van der Waals surface area contributed by atoms with Gasteiger partial charge in [0.1, 0.15) is 18.0 Å². The second-order valence-electron chi connectivity index (χ2n) is 7.60. The molecule has 8 nitrogen and oxygen atoms in total. The summed E-state index contributed by atoms with van der Waals surface area (Å²) in [6.45, 7) is 3.82. The second-order valence-corrected chi connectivity index (χ2v) is 8.03. The quantitative estimate of drug-likeness (QED) is 0.138. The van der Waals surface area contributed by atoms with Gasteiger partial charge in [-0.3, -0.25) is 9.78 Å². The van der Waals surface area contributed by atoms with Crippen molar-refractivity contribution in [3.63, 3.8) is 0 Å². The highest BCUT2D eigenvalue weighted by molar-refractivity contribution is 6.30. The largest absolute Gasteiger partial charge is 0.489 e. The Balaban J connectivity index is 1.51. The molecule has 0 aliphatic heterocycles. The van der Waals surface area contributed by atoms with Gasteiger partial charge in [0.05, 0.1) is 22.9 Å². The molecule has 4 rings (SSSR count). The third-order valence-corrected chi connectivity index (χ3v) is 5.32. The molecule has 1 amide bonds. The predicted molar refractivity (Wildman–Crippen MR) is 143 cm³/mol. The standard InChI is InChI=1S/C27H22ClN5O3/c1-2-27(34)31-22-8-4-7-21(16-22)30-25-13-14-29-17-26(25)33(32-35)23-9-11-24(12-10-23)36-18-19-5-3-6-20(28)15-19/h2-17H,1,18H2,(H,29,30)(H,31,34). The van der Waals surface area contributed by atoms with Crippen molar-refractivity contribution in [2.45, 2.75) is 6.61 Å². The molecule has 180 valence electrons. The van der Waals surface area contributed by atoms with Gasteiger partial charge in [-0.15, -0.1) is 4.91 Å². The monoisotopic (exact) mass is 499 g/mol. The Morgan fingerprint density at radius 2 is 1.83 bits per heavy atom. The molecule has 0 atom stereocenters. The molecule has 1 aromatic heterocycles. The number of aromatic nitrogens is 1. The Kier molecular flexibility index (Phi) is 7.90. The Hall–Kier alpha value is -4.69. The van der Waals surface area contributed by atoms with Crippen molar-refractivity contribution in [3.8, 4) is 5.75 Å². The van der Waals surface area contributed by atoms with Gasteiger partial charge in [0.15, 0.2) is 0 Å². The van der Waals surface area contributed by atoms with E-state index in [2.05, 4.69) is 27.5 Å². The summed E-state index contributed by atoms with van der Waals surface area (Å²) < 4.78 is 5.82.